The van der Waals surface area contributed by atoms with E-state index in [9.17, 15) is 0 Å². The molecule has 21 heavy (non-hydrogen) atoms. The molecule has 4 heteroatoms. The Morgan fingerprint density at radius 2 is 1.90 bits per heavy atom. The first kappa shape index (κ1) is 18.3. The van der Waals surface area contributed by atoms with E-state index in [1.54, 1.807) is 0 Å². The summed E-state index contributed by atoms with van der Waals surface area (Å²) < 4.78 is 0. The zero-order valence-electron chi connectivity index (χ0n) is 13.7. The Morgan fingerprint density at radius 3 is 2.52 bits per heavy atom. The molecule has 0 amide bonds. The van der Waals surface area contributed by atoms with Crippen molar-refractivity contribution in [3.8, 4) is 0 Å². The smallest absolute Gasteiger partial charge is 0.0431 e. The first-order valence-corrected chi connectivity index (χ1v) is 8.07. The van der Waals surface area contributed by atoms with Gasteiger partial charge in [-0.05, 0) is 63.8 Å². The number of hydrogen-bond acceptors (Lipinski definition) is 3. The number of nitrogens with zero attached hydrogens (tertiary/aromatic N) is 1. The van der Waals surface area contributed by atoms with Crippen molar-refractivity contribution in [3.05, 3.63) is 28.8 Å². The third kappa shape index (κ3) is 7.16. The van der Waals surface area contributed by atoms with Gasteiger partial charge in [-0.1, -0.05) is 11.6 Å². The lowest BCUT2D eigenvalue weighted by Gasteiger charge is -2.26. The molecule has 1 rings (SSSR count). The maximum absolute atomic E-state index is 8.83. The van der Waals surface area contributed by atoms with Gasteiger partial charge in [-0.25, -0.2) is 0 Å². The van der Waals surface area contributed by atoms with Crippen molar-refractivity contribution >= 4 is 17.3 Å². The van der Waals surface area contributed by atoms with E-state index in [-0.39, 0.29) is 12.1 Å². The van der Waals surface area contributed by atoms with Crippen LogP contribution in [0.15, 0.2) is 18.2 Å². The van der Waals surface area contributed by atoms with Gasteiger partial charge in [0.15, 0.2) is 0 Å². The van der Waals surface area contributed by atoms with Crippen LogP contribution in [-0.4, -0.2) is 30.8 Å². The number of unbranched alkanes of at least 4 members (excludes halogenated alkanes) is 2. The fourth-order valence-electron chi connectivity index (χ4n) is 2.19. The summed E-state index contributed by atoms with van der Waals surface area (Å²) in [4.78, 5) is 2.27. The molecule has 0 saturated heterocycles. The Morgan fingerprint density at radius 1 is 1.19 bits per heavy atom. The predicted molar refractivity (Wildman–Crippen MR) is 92.3 cm³/mol. The second kappa shape index (κ2) is 8.62. The number of rotatable bonds is 8. The van der Waals surface area contributed by atoms with E-state index in [4.69, 9.17) is 16.7 Å². The summed E-state index contributed by atoms with van der Waals surface area (Å²) in [5.74, 6) is 0. The monoisotopic (exact) mass is 312 g/mol. The minimum atomic E-state index is 0.0826. The number of aliphatic hydroxyl groups is 1. The summed E-state index contributed by atoms with van der Waals surface area (Å²) in [6.07, 6.45) is 3.03. The molecule has 120 valence electrons. The predicted octanol–water partition coefficient (Wildman–Crippen LogP) is 3.83. The van der Waals surface area contributed by atoms with Crippen LogP contribution in [0.3, 0.4) is 0 Å². The van der Waals surface area contributed by atoms with Gasteiger partial charge in [0.2, 0.25) is 0 Å². The van der Waals surface area contributed by atoms with Gasteiger partial charge < -0.3 is 15.3 Å². The van der Waals surface area contributed by atoms with E-state index in [0.29, 0.717) is 0 Å². The molecule has 2 N–H and O–H groups in total. The van der Waals surface area contributed by atoms with Crippen LogP contribution >= 0.6 is 11.6 Å². The largest absolute Gasteiger partial charge is 0.396 e. The summed E-state index contributed by atoms with van der Waals surface area (Å²) in [5, 5.41) is 13.1. The topological polar surface area (TPSA) is 35.5 Å². The summed E-state index contributed by atoms with van der Waals surface area (Å²) in [6.45, 7) is 8.57. The average Bonchev–Trinajstić information content (AvgIpc) is 2.40. The summed E-state index contributed by atoms with van der Waals surface area (Å²) in [6, 6.07) is 6.08. The molecule has 0 fully saturated rings. The Bertz CT molecular complexity index is 429. The van der Waals surface area contributed by atoms with Crippen LogP contribution in [-0.2, 0) is 6.54 Å². The van der Waals surface area contributed by atoms with Crippen molar-refractivity contribution in [1.29, 1.82) is 0 Å². The van der Waals surface area contributed by atoms with Crippen molar-refractivity contribution in [3.63, 3.8) is 0 Å². The molecule has 0 aliphatic carbocycles. The third-order valence-corrected chi connectivity index (χ3v) is 3.65. The highest BCUT2D eigenvalue weighted by Gasteiger charge is 2.12. The molecule has 0 aliphatic heterocycles. The SMILES string of the molecule is CN(CCCCCO)c1ccc(Cl)cc1CNC(C)(C)C. The lowest BCUT2D eigenvalue weighted by atomic mass is 10.1. The lowest BCUT2D eigenvalue weighted by Crippen LogP contribution is -2.35. The van der Waals surface area contributed by atoms with Gasteiger partial charge in [-0.15, -0.1) is 0 Å². The van der Waals surface area contributed by atoms with E-state index >= 15 is 0 Å². The van der Waals surface area contributed by atoms with E-state index in [2.05, 4.69) is 44.1 Å². The van der Waals surface area contributed by atoms with Crippen LogP contribution in [0.4, 0.5) is 5.69 Å². The van der Waals surface area contributed by atoms with Crippen molar-refractivity contribution in [1.82, 2.24) is 5.32 Å². The van der Waals surface area contributed by atoms with Gasteiger partial charge in [-0.2, -0.15) is 0 Å². The Hall–Kier alpha value is -0.770. The van der Waals surface area contributed by atoms with Crippen LogP contribution in [0.1, 0.15) is 45.6 Å². The van der Waals surface area contributed by atoms with Crippen molar-refractivity contribution in [2.24, 2.45) is 0 Å². The molecule has 0 spiro atoms. The second-order valence-electron chi connectivity index (χ2n) is 6.58. The Balaban J connectivity index is 2.71. The molecular formula is C17H29ClN2O. The zero-order chi connectivity index (χ0) is 15.9. The van der Waals surface area contributed by atoms with Gasteiger partial charge in [-0.3, -0.25) is 0 Å². The number of benzene rings is 1. The number of anilines is 1. The van der Waals surface area contributed by atoms with Gasteiger partial charge in [0, 0.05) is 43.0 Å². The van der Waals surface area contributed by atoms with Crippen molar-refractivity contribution in [2.45, 2.75) is 52.1 Å². The van der Waals surface area contributed by atoms with Crippen LogP contribution in [0, 0.1) is 0 Å². The molecule has 0 heterocycles. The van der Waals surface area contributed by atoms with Crippen LogP contribution in [0.5, 0.6) is 0 Å². The molecule has 1 aromatic carbocycles. The molecule has 0 aliphatic rings. The molecule has 1 aromatic rings. The van der Waals surface area contributed by atoms with E-state index < -0.39 is 0 Å². The lowest BCUT2D eigenvalue weighted by molar-refractivity contribution is 0.283. The quantitative estimate of drug-likeness (QED) is 0.716. The number of hydrogen-bond donors (Lipinski definition) is 2. The minimum Gasteiger partial charge on any atom is -0.396 e. The highest BCUT2D eigenvalue weighted by atomic mass is 35.5. The molecule has 0 unspecified atom stereocenters. The standard InChI is InChI=1S/C17H29ClN2O/c1-17(2,3)19-13-14-12-15(18)8-9-16(14)20(4)10-6-5-7-11-21/h8-9,12,19,21H,5-7,10-11,13H2,1-4H3. The molecule has 3 nitrogen and oxygen atoms in total. The molecule has 0 radical (unpaired) electrons. The van der Waals surface area contributed by atoms with Crippen LogP contribution in [0.25, 0.3) is 0 Å². The average molecular weight is 313 g/mol. The van der Waals surface area contributed by atoms with Gasteiger partial charge in [0.1, 0.15) is 0 Å². The minimum absolute atomic E-state index is 0.0826. The Labute approximate surface area is 134 Å². The number of aliphatic hydroxyl groups excluding tert-OH is 1. The maximum atomic E-state index is 8.83. The maximum Gasteiger partial charge on any atom is 0.0431 e. The van der Waals surface area contributed by atoms with Gasteiger partial charge in [0.25, 0.3) is 0 Å². The Kier molecular flexibility index (Phi) is 7.50. The van der Waals surface area contributed by atoms with Crippen LogP contribution in [0.2, 0.25) is 5.02 Å². The molecule has 0 atom stereocenters. The molecule has 0 saturated carbocycles. The highest BCUT2D eigenvalue weighted by Crippen LogP contribution is 2.24. The third-order valence-electron chi connectivity index (χ3n) is 3.41. The summed E-state index contributed by atoms with van der Waals surface area (Å²) in [5.41, 5.74) is 2.53. The van der Waals surface area contributed by atoms with E-state index in [0.717, 1.165) is 37.4 Å². The highest BCUT2D eigenvalue weighted by molar-refractivity contribution is 6.30. The fourth-order valence-corrected chi connectivity index (χ4v) is 2.38. The van der Waals surface area contributed by atoms with Crippen molar-refractivity contribution in [2.75, 3.05) is 25.1 Å². The summed E-state index contributed by atoms with van der Waals surface area (Å²) in [7, 11) is 2.11. The summed E-state index contributed by atoms with van der Waals surface area (Å²) >= 11 is 6.14. The normalized spacial score (nSPS) is 11.7. The van der Waals surface area contributed by atoms with E-state index in [1.807, 2.05) is 12.1 Å². The second-order valence-corrected chi connectivity index (χ2v) is 7.02. The van der Waals surface area contributed by atoms with Gasteiger partial charge >= 0.3 is 0 Å². The first-order chi connectivity index (χ1) is 9.83. The van der Waals surface area contributed by atoms with Crippen molar-refractivity contribution < 1.29 is 5.11 Å². The fraction of sp³-hybridized carbons (Fsp3) is 0.647. The molecule has 0 aromatic heterocycles. The number of nitrogens with one attached hydrogen (secondary N) is 1. The first-order valence-electron chi connectivity index (χ1n) is 7.69. The zero-order valence-corrected chi connectivity index (χ0v) is 14.5. The molecular weight excluding hydrogens is 284 g/mol. The van der Waals surface area contributed by atoms with Crippen LogP contribution < -0.4 is 10.2 Å². The van der Waals surface area contributed by atoms with Gasteiger partial charge in [0.05, 0.1) is 0 Å². The molecule has 0 bridgehead atoms. The number of halogens is 1. The van der Waals surface area contributed by atoms with E-state index in [1.165, 1.54) is 11.3 Å².